The van der Waals surface area contributed by atoms with Crippen LogP contribution >= 0.6 is 23.2 Å². The zero-order chi connectivity index (χ0) is 12.4. The van der Waals surface area contributed by atoms with Crippen LogP contribution in [0.25, 0.3) is 0 Å². The van der Waals surface area contributed by atoms with Crippen LogP contribution in [0.4, 0.5) is 5.95 Å². The van der Waals surface area contributed by atoms with Gasteiger partial charge < -0.3 is 5.73 Å². The number of aromatic amines is 1. The highest BCUT2D eigenvalue weighted by atomic mass is 35.5. The summed E-state index contributed by atoms with van der Waals surface area (Å²) >= 11 is 11.8. The molecule has 0 atom stereocenters. The van der Waals surface area contributed by atoms with Crippen molar-refractivity contribution in [2.24, 2.45) is 0 Å². The lowest BCUT2D eigenvalue weighted by atomic mass is 10.1. The van der Waals surface area contributed by atoms with Crippen molar-refractivity contribution in [3.8, 4) is 0 Å². The largest absolute Gasteiger partial charge is 0.369 e. The van der Waals surface area contributed by atoms with Gasteiger partial charge in [-0.1, -0.05) is 29.3 Å². The van der Waals surface area contributed by atoms with Crippen LogP contribution in [0.3, 0.4) is 0 Å². The Morgan fingerprint density at radius 3 is 2.71 bits per heavy atom. The number of nitrogens with one attached hydrogen (secondary N) is 1. The van der Waals surface area contributed by atoms with E-state index < -0.39 is 0 Å². The Kier molecular flexibility index (Phi) is 3.36. The molecule has 0 unspecified atom stereocenters. The second-order valence-corrected chi connectivity index (χ2v) is 4.38. The molecular weight excluding hydrogens is 261 g/mol. The van der Waals surface area contributed by atoms with Crippen LogP contribution < -0.4 is 11.3 Å². The molecule has 0 aliphatic carbocycles. The fraction of sp³-hybridized carbons (Fsp3) is 0.0909. The minimum absolute atomic E-state index is 0.0981. The number of H-pyrrole nitrogens is 1. The highest BCUT2D eigenvalue weighted by Crippen LogP contribution is 2.22. The van der Waals surface area contributed by atoms with E-state index in [9.17, 15) is 4.79 Å². The second-order valence-electron chi connectivity index (χ2n) is 3.54. The summed E-state index contributed by atoms with van der Waals surface area (Å²) in [6.07, 6.45) is 1.83. The number of nitrogen functional groups attached to an aromatic ring is 1. The predicted octanol–water partition coefficient (Wildman–Crippen LogP) is 2.25. The van der Waals surface area contributed by atoms with Crippen LogP contribution in [0.5, 0.6) is 0 Å². The fourth-order valence-electron chi connectivity index (χ4n) is 1.43. The van der Waals surface area contributed by atoms with Crippen LogP contribution in [0.15, 0.2) is 29.2 Å². The summed E-state index contributed by atoms with van der Waals surface area (Å²) in [5, 5.41) is 1.08. The van der Waals surface area contributed by atoms with Crippen molar-refractivity contribution in [3.05, 3.63) is 55.9 Å². The molecule has 0 amide bonds. The lowest BCUT2D eigenvalue weighted by molar-refractivity contribution is 1.04. The third-order valence-electron chi connectivity index (χ3n) is 2.29. The number of hydrogen-bond acceptors (Lipinski definition) is 3. The Morgan fingerprint density at radius 1 is 1.29 bits per heavy atom. The van der Waals surface area contributed by atoms with Gasteiger partial charge in [-0.15, -0.1) is 0 Å². The van der Waals surface area contributed by atoms with Gasteiger partial charge in [0.15, 0.2) is 5.95 Å². The van der Waals surface area contributed by atoms with Crippen LogP contribution in [0.1, 0.15) is 11.1 Å². The van der Waals surface area contributed by atoms with E-state index in [0.29, 0.717) is 22.0 Å². The minimum Gasteiger partial charge on any atom is -0.369 e. The molecule has 0 saturated heterocycles. The van der Waals surface area contributed by atoms with Crippen LogP contribution in [-0.2, 0) is 6.42 Å². The smallest absolute Gasteiger partial charge is 0.255 e. The number of rotatable bonds is 2. The highest BCUT2D eigenvalue weighted by molar-refractivity contribution is 6.35. The molecule has 2 aromatic rings. The van der Waals surface area contributed by atoms with Crippen molar-refractivity contribution in [1.82, 2.24) is 9.97 Å². The first-order valence-corrected chi connectivity index (χ1v) is 5.59. The normalized spacial score (nSPS) is 10.5. The maximum absolute atomic E-state index is 11.6. The standard InChI is InChI=1S/C11H9Cl2N3O/c12-8-2-1-6(9(13)4-8)3-7-5-15-11(14)16-10(7)17/h1-2,4-5H,3H2,(H3,14,15,16,17). The molecule has 0 aliphatic heterocycles. The van der Waals surface area contributed by atoms with Gasteiger partial charge in [0.05, 0.1) is 0 Å². The summed E-state index contributed by atoms with van der Waals surface area (Å²) in [6, 6.07) is 5.14. The molecule has 0 spiro atoms. The number of halogens is 2. The summed E-state index contributed by atoms with van der Waals surface area (Å²) in [7, 11) is 0. The predicted molar refractivity (Wildman–Crippen MR) is 68.5 cm³/mol. The van der Waals surface area contributed by atoms with Crippen molar-refractivity contribution >= 4 is 29.2 Å². The second kappa shape index (κ2) is 4.77. The first-order chi connectivity index (χ1) is 8.06. The molecule has 2 rings (SSSR count). The number of aromatic nitrogens is 2. The number of nitrogens with zero attached hydrogens (tertiary/aromatic N) is 1. The Hall–Kier alpha value is -1.52. The van der Waals surface area contributed by atoms with Gasteiger partial charge in [0, 0.05) is 28.2 Å². The van der Waals surface area contributed by atoms with E-state index in [0.717, 1.165) is 5.56 Å². The van der Waals surface area contributed by atoms with Crippen LogP contribution in [0, 0.1) is 0 Å². The highest BCUT2D eigenvalue weighted by Gasteiger charge is 2.06. The van der Waals surface area contributed by atoms with Crippen LogP contribution in [-0.4, -0.2) is 9.97 Å². The molecule has 6 heteroatoms. The van der Waals surface area contributed by atoms with E-state index in [-0.39, 0.29) is 11.5 Å². The summed E-state index contributed by atoms with van der Waals surface area (Å²) in [4.78, 5) is 17.8. The van der Waals surface area contributed by atoms with Gasteiger partial charge in [-0.3, -0.25) is 9.78 Å². The van der Waals surface area contributed by atoms with E-state index in [1.807, 2.05) is 0 Å². The molecule has 1 aromatic carbocycles. The molecule has 17 heavy (non-hydrogen) atoms. The van der Waals surface area contributed by atoms with Gasteiger partial charge in [-0.05, 0) is 17.7 Å². The number of anilines is 1. The summed E-state index contributed by atoms with van der Waals surface area (Å²) in [5.74, 6) is 0.0981. The number of benzene rings is 1. The van der Waals surface area contributed by atoms with Gasteiger partial charge in [0.2, 0.25) is 0 Å². The average Bonchev–Trinajstić information content (AvgIpc) is 2.25. The molecule has 1 aromatic heterocycles. The lowest BCUT2D eigenvalue weighted by Crippen LogP contribution is -2.16. The average molecular weight is 270 g/mol. The maximum Gasteiger partial charge on any atom is 0.255 e. The van der Waals surface area contributed by atoms with Crippen LogP contribution in [0.2, 0.25) is 10.0 Å². The Bertz CT molecular complexity index is 610. The van der Waals surface area contributed by atoms with Crippen molar-refractivity contribution in [1.29, 1.82) is 0 Å². The van der Waals surface area contributed by atoms with E-state index in [2.05, 4.69) is 9.97 Å². The molecule has 1 heterocycles. The van der Waals surface area contributed by atoms with E-state index in [4.69, 9.17) is 28.9 Å². The Balaban J connectivity index is 2.35. The SMILES string of the molecule is Nc1ncc(Cc2ccc(Cl)cc2Cl)c(=O)[nH]1. The lowest BCUT2D eigenvalue weighted by Gasteiger charge is -2.04. The van der Waals surface area contributed by atoms with E-state index in [1.165, 1.54) is 6.20 Å². The van der Waals surface area contributed by atoms with Gasteiger partial charge in [-0.2, -0.15) is 0 Å². The molecule has 0 bridgehead atoms. The summed E-state index contributed by atoms with van der Waals surface area (Å²) in [6.45, 7) is 0. The molecule has 0 saturated carbocycles. The fourth-order valence-corrected chi connectivity index (χ4v) is 1.91. The minimum atomic E-state index is -0.261. The molecule has 0 fully saturated rings. The molecule has 3 N–H and O–H groups in total. The number of nitrogens with two attached hydrogens (primary N) is 1. The third kappa shape index (κ3) is 2.78. The molecule has 0 aliphatic rings. The Labute approximate surface area is 107 Å². The van der Waals surface area contributed by atoms with Crippen molar-refractivity contribution in [2.75, 3.05) is 5.73 Å². The van der Waals surface area contributed by atoms with Gasteiger partial charge >= 0.3 is 0 Å². The van der Waals surface area contributed by atoms with Crippen molar-refractivity contribution in [3.63, 3.8) is 0 Å². The molecule has 88 valence electrons. The van der Waals surface area contributed by atoms with Gasteiger partial charge in [0.1, 0.15) is 0 Å². The van der Waals surface area contributed by atoms with E-state index in [1.54, 1.807) is 18.2 Å². The maximum atomic E-state index is 11.6. The van der Waals surface area contributed by atoms with Gasteiger partial charge in [-0.25, -0.2) is 4.98 Å². The monoisotopic (exact) mass is 269 g/mol. The molecular formula is C11H9Cl2N3O. The summed E-state index contributed by atoms with van der Waals surface area (Å²) in [5.41, 5.74) is 6.42. The molecule has 4 nitrogen and oxygen atoms in total. The zero-order valence-corrected chi connectivity index (χ0v) is 10.2. The topological polar surface area (TPSA) is 71.8 Å². The number of hydrogen-bond donors (Lipinski definition) is 2. The quantitative estimate of drug-likeness (QED) is 0.879. The third-order valence-corrected chi connectivity index (χ3v) is 2.88. The first kappa shape index (κ1) is 12.0. The Morgan fingerprint density at radius 2 is 2.06 bits per heavy atom. The first-order valence-electron chi connectivity index (χ1n) is 4.84. The summed E-state index contributed by atoms with van der Waals surface area (Å²) < 4.78 is 0. The van der Waals surface area contributed by atoms with Gasteiger partial charge in [0.25, 0.3) is 5.56 Å². The van der Waals surface area contributed by atoms with Crippen molar-refractivity contribution < 1.29 is 0 Å². The molecule has 0 radical (unpaired) electrons. The van der Waals surface area contributed by atoms with Crippen molar-refractivity contribution in [2.45, 2.75) is 6.42 Å². The van der Waals surface area contributed by atoms with E-state index >= 15 is 0 Å². The zero-order valence-electron chi connectivity index (χ0n) is 8.71.